The van der Waals surface area contributed by atoms with Crippen molar-refractivity contribution >= 4 is 11.5 Å². The average molecular weight is 360 g/mol. The van der Waals surface area contributed by atoms with Crippen molar-refractivity contribution in [3.63, 3.8) is 0 Å². The monoisotopic (exact) mass is 360 g/mol. The number of aromatic hydroxyl groups is 1. The molecule has 1 aromatic carbocycles. The Morgan fingerprint density at radius 3 is 2.42 bits per heavy atom. The molecule has 0 radical (unpaired) electrons. The second kappa shape index (κ2) is 10.9. The molecule has 4 nitrogen and oxygen atoms in total. The molecule has 1 heterocycles. The van der Waals surface area contributed by atoms with Crippen molar-refractivity contribution in [1.82, 2.24) is 0 Å². The van der Waals surface area contributed by atoms with Gasteiger partial charge >= 0.3 is 5.97 Å². The first-order chi connectivity index (χ1) is 12.6. The number of esters is 1. The lowest BCUT2D eigenvalue weighted by Gasteiger charge is -2.24. The number of fused-ring (bicyclic) bond motifs is 1. The minimum atomic E-state index is -0.713. The Balaban J connectivity index is 1.62. The number of hydrogen-bond donors (Lipinski definition) is 1. The maximum absolute atomic E-state index is 12.0. The maximum atomic E-state index is 12.0. The van der Waals surface area contributed by atoms with Gasteiger partial charge in [-0.3, -0.25) is 4.79 Å². The summed E-state index contributed by atoms with van der Waals surface area (Å²) in [7, 11) is 0. The van der Waals surface area contributed by atoms with Crippen LogP contribution in [0.25, 0.3) is 5.57 Å². The van der Waals surface area contributed by atoms with Crippen molar-refractivity contribution in [2.75, 3.05) is 0 Å². The summed E-state index contributed by atoms with van der Waals surface area (Å²) in [6.07, 6.45) is 12.5. The van der Waals surface area contributed by atoms with E-state index >= 15 is 0 Å². The fourth-order valence-corrected chi connectivity index (χ4v) is 3.21. The number of allylic oxidation sites excluding steroid dienone is 1. The van der Waals surface area contributed by atoms with E-state index in [0.717, 1.165) is 24.0 Å². The van der Waals surface area contributed by atoms with E-state index in [2.05, 4.69) is 6.92 Å². The molecular formula is C22H32O4. The standard InChI is InChI=1S/C22H32O4/c1-3-4-5-6-7-8-9-10-11-12-21(24)26-22-15-17(2)19-14-13-18(23)16-20(19)25-22/h13-16,22-23H,3-12H2,1-2H3. The fraction of sp³-hybridized carbons (Fsp3) is 0.591. The lowest BCUT2D eigenvalue weighted by Crippen LogP contribution is -2.25. The van der Waals surface area contributed by atoms with Gasteiger partial charge in [0.25, 0.3) is 6.29 Å². The molecule has 2 rings (SSSR count). The number of phenolic OH excluding ortho intramolecular Hbond substituents is 1. The molecule has 1 aliphatic heterocycles. The smallest absolute Gasteiger partial charge is 0.309 e. The summed E-state index contributed by atoms with van der Waals surface area (Å²) in [4.78, 5) is 12.0. The molecule has 1 N–H and O–H groups in total. The summed E-state index contributed by atoms with van der Waals surface area (Å²) in [5, 5.41) is 9.58. The number of ether oxygens (including phenoxy) is 2. The number of hydrogen-bond acceptors (Lipinski definition) is 4. The normalized spacial score (nSPS) is 15.8. The third-order valence-electron chi connectivity index (χ3n) is 4.75. The van der Waals surface area contributed by atoms with E-state index in [1.165, 1.54) is 44.9 Å². The summed E-state index contributed by atoms with van der Waals surface area (Å²) in [6.45, 7) is 4.18. The van der Waals surface area contributed by atoms with Gasteiger partial charge in [0, 0.05) is 18.1 Å². The molecule has 0 bridgehead atoms. The number of carbonyl (C=O) groups is 1. The van der Waals surface area contributed by atoms with Gasteiger partial charge in [-0.05, 0) is 37.1 Å². The van der Waals surface area contributed by atoms with Crippen LogP contribution in [-0.2, 0) is 9.53 Å². The highest BCUT2D eigenvalue weighted by Gasteiger charge is 2.21. The highest BCUT2D eigenvalue weighted by atomic mass is 16.7. The molecule has 0 aromatic heterocycles. The number of rotatable bonds is 11. The predicted octanol–water partition coefficient (Wildman–Crippen LogP) is 5.98. The van der Waals surface area contributed by atoms with Gasteiger partial charge in [0.2, 0.25) is 0 Å². The van der Waals surface area contributed by atoms with Crippen molar-refractivity contribution in [2.45, 2.75) is 84.3 Å². The van der Waals surface area contributed by atoms with Crippen LogP contribution >= 0.6 is 0 Å². The van der Waals surface area contributed by atoms with Crippen molar-refractivity contribution in [1.29, 1.82) is 0 Å². The summed E-state index contributed by atoms with van der Waals surface area (Å²) in [6, 6.07) is 4.97. The Morgan fingerprint density at radius 1 is 1.08 bits per heavy atom. The first-order valence-electron chi connectivity index (χ1n) is 9.98. The van der Waals surface area contributed by atoms with Gasteiger partial charge in [-0.25, -0.2) is 0 Å². The molecular weight excluding hydrogens is 328 g/mol. The van der Waals surface area contributed by atoms with Crippen LogP contribution in [0.5, 0.6) is 11.5 Å². The van der Waals surface area contributed by atoms with E-state index in [9.17, 15) is 9.90 Å². The quantitative estimate of drug-likeness (QED) is 0.390. The van der Waals surface area contributed by atoms with Crippen LogP contribution in [-0.4, -0.2) is 17.4 Å². The third kappa shape index (κ3) is 6.74. The first-order valence-corrected chi connectivity index (χ1v) is 9.98. The highest BCUT2D eigenvalue weighted by molar-refractivity contribution is 5.73. The SMILES string of the molecule is CCCCCCCCCCCC(=O)OC1C=C(C)c2ccc(O)cc2O1. The molecule has 1 aromatic rings. The van der Waals surface area contributed by atoms with Crippen LogP contribution in [0.3, 0.4) is 0 Å². The largest absolute Gasteiger partial charge is 0.508 e. The van der Waals surface area contributed by atoms with Crippen LogP contribution in [0.4, 0.5) is 0 Å². The predicted molar refractivity (Wildman–Crippen MR) is 104 cm³/mol. The van der Waals surface area contributed by atoms with Crippen LogP contribution in [0.15, 0.2) is 24.3 Å². The number of benzene rings is 1. The Labute approximate surface area is 157 Å². The first kappa shape index (κ1) is 20.3. The Bertz CT molecular complexity index is 606. The number of unbranched alkanes of at least 4 members (excludes halogenated alkanes) is 8. The third-order valence-corrected chi connectivity index (χ3v) is 4.75. The van der Waals surface area contributed by atoms with Crippen LogP contribution in [0.2, 0.25) is 0 Å². The molecule has 144 valence electrons. The minimum Gasteiger partial charge on any atom is -0.508 e. The van der Waals surface area contributed by atoms with Gasteiger partial charge in [-0.2, -0.15) is 0 Å². The van der Waals surface area contributed by atoms with Gasteiger partial charge in [0.05, 0.1) is 0 Å². The Morgan fingerprint density at radius 2 is 1.73 bits per heavy atom. The number of phenols is 1. The van der Waals surface area contributed by atoms with E-state index in [1.807, 2.05) is 6.92 Å². The molecule has 1 unspecified atom stereocenters. The molecule has 0 amide bonds. The lowest BCUT2D eigenvalue weighted by molar-refractivity contribution is -0.158. The molecule has 0 saturated carbocycles. The maximum Gasteiger partial charge on any atom is 0.309 e. The van der Waals surface area contributed by atoms with Crippen molar-refractivity contribution in [3.8, 4) is 11.5 Å². The molecule has 1 aliphatic rings. The van der Waals surface area contributed by atoms with Crippen molar-refractivity contribution in [2.24, 2.45) is 0 Å². The molecule has 0 aliphatic carbocycles. The summed E-state index contributed by atoms with van der Waals surface area (Å²) in [5.41, 5.74) is 1.89. The minimum absolute atomic E-state index is 0.137. The second-order valence-corrected chi connectivity index (χ2v) is 7.08. The van der Waals surface area contributed by atoms with Crippen LogP contribution < -0.4 is 4.74 Å². The van der Waals surface area contributed by atoms with Crippen molar-refractivity contribution < 1.29 is 19.4 Å². The molecule has 0 saturated heterocycles. The zero-order valence-corrected chi connectivity index (χ0v) is 16.1. The summed E-state index contributed by atoms with van der Waals surface area (Å²) in [5.74, 6) is 0.453. The molecule has 4 heteroatoms. The molecule has 0 fully saturated rings. The molecule has 26 heavy (non-hydrogen) atoms. The molecule has 0 spiro atoms. The average Bonchev–Trinajstić information content (AvgIpc) is 2.60. The van der Waals surface area contributed by atoms with Gasteiger partial charge in [0.1, 0.15) is 11.5 Å². The van der Waals surface area contributed by atoms with Gasteiger partial charge in [-0.15, -0.1) is 0 Å². The zero-order chi connectivity index (χ0) is 18.8. The highest BCUT2D eigenvalue weighted by Crippen LogP contribution is 2.34. The fourth-order valence-electron chi connectivity index (χ4n) is 3.21. The summed E-state index contributed by atoms with van der Waals surface area (Å²) >= 11 is 0. The Hall–Kier alpha value is -1.97. The molecule has 1 atom stereocenters. The van der Waals surface area contributed by atoms with Crippen molar-refractivity contribution in [3.05, 3.63) is 29.8 Å². The van der Waals surface area contributed by atoms with E-state index in [1.54, 1.807) is 24.3 Å². The van der Waals surface area contributed by atoms with Gasteiger partial charge < -0.3 is 14.6 Å². The topological polar surface area (TPSA) is 55.8 Å². The van der Waals surface area contributed by atoms with E-state index in [0.29, 0.717) is 12.2 Å². The second-order valence-electron chi connectivity index (χ2n) is 7.08. The van der Waals surface area contributed by atoms with Gasteiger partial charge in [-0.1, -0.05) is 58.3 Å². The number of carbonyl (C=O) groups excluding carboxylic acids is 1. The zero-order valence-electron chi connectivity index (χ0n) is 16.1. The Kier molecular flexibility index (Phi) is 8.52. The van der Waals surface area contributed by atoms with Crippen LogP contribution in [0.1, 0.15) is 83.6 Å². The summed E-state index contributed by atoms with van der Waals surface area (Å²) < 4.78 is 11.1. The van der Waals surface area contributed by atoms with E-state index in [4.69, 9.17) is 9.47 Å². The van der Waals surface area contributed by atoms with E-state index < -0.39 is 6.29 Å². The lowest BCUT2D eigenvalue weighted by atomic mass is 10.0. The van der Waals surface area contributed by atoms with E-state index in [-0.39, 0.29) is 11.7 Å². The van der Waals surface area contributed by atoms with Crippen LogP contribution in [0, 0.1) is 0 Å². The van der Waals surface area contributed by atoms with Gasteiger partial charge in [0.15, 0.2) is 0 Å².